The van der Waals surface area contributed by atoms with E-state index in [1.807, 2.05) is 0 Å². The molecule has 1 fully saturated rings. The third-order valence-corrected chi connectivity index (χ3v) is 5.60. The standard InChI is InChI=1S/C10H12O5S2/c11-16(12)7-6-9(8-16)15-17(13,14)10-4-2-1-3-5-10/h1-5,9H,6-8H2. The number of sulfone groups is 1. The molecule has 0 aliphatic carbocycles. The summed E-state index contributed by atoms with van der Waals surface area (Å²) in [4.78, 5) is 0.0456. The van der Waals surface area contributed by atoms with E-state index in [1.165, 1.54) is 12.1 Å². The molecule has 7 heteroatoms. The first-order valence-corrected chi connectivity index (χ1v) is 8.31. The fourth-order valence-corrected chi connectivity index (χ4v) is 4.46. The SMILES string of the molecule is O=S1(=O)CCC(OS(=O)(=O)c2ccccc2)C1. The topological polar surface area (TPSA) is 77.5 Å². The molecule has 0 spiro atoms. The third-order valence-electron chi connectivity index (χ3n) is 2.49. The molecule has 1 unspecified atom stereocenters. The monoisotopic (exact) mass is 276 g/mol. The van der Waals surface area contributed by atoms with Crippen molar-refractivity contribution in [3.05, 3.63) is 30.3 Å². The van der Waals surface area contributed by atoms with Crippen molar-refractivity contribution in [3.8, 4) is 0 Å². The summed E-state index contributed by atoms with van der Waals surface area (Å²) in [6, 6.07) is 7.69. The van der Waals surface area contributed by atoms with E-state index in [4.69, 9.17) is 4.18 Å². The molecule has 1 aromatic rings. The van der Waals surface area contributed by atoms with Crippen molar-refractivity contribution in [2.24, 2.45) is 0 Å². The molecule has 1 heterocycles. The Morgan fingerprint density at radius 3 is 2.35 bits per heavy atom. The van der Waals surface area contributed by atoms with Crippen LogP contribution in [-0.4, -0.2) is 34.4 Å². The highest BCUT2D eigenvalue weighted by Gasteiger charge is 2.32. The molecule has 0 amide bonds. The van der Waals surface area contributed by atoms with Gasteiger partial charge in [-0.3, -0.25) is 4.18 Å². The Hall–Kier alpha value is -0.920. The minimum absolute atomic E-state index is 0.0119. The average molecular weight is 276 g/mol. The van der Waals surface area contributed by atoms with Crippen molar-refractivity contribution in [2.75, 3.05) is 11.5 Å². The summed E-state index contributed by atoms with van der Waals surface area (Å²) in [5.74, 6) is -0.235. The lowest BCUT2D eigenvalue weighted by Gasteiger charge is -2.09. The van der Waals surface area contributed by atoms with Gasteiger partial charge in [0, 0.05) is 0 Å². The molecule has 0 aromatic heterocycles. The summed E-state index contributed by atoms with van der Waals surface area (Å²) in [5, 5.41) is 0. The summed E-state index contributed by atoms with van der Waals surface area (Å²) < 4.78 is 50.9. The second-order valence-corrected chi connectivity index (χ2v) is 7.69. The van der Waals surface area contributed by atoms with Gasteiger partial charge in [0.2, 0.25) is 0 Å². The highest BCUT2D eigenvalue weighted by molar-refractivity contribution is 7.91. The predicted octanol–water partition coefficient (Wildman–Crippen LogP) is 0.579. The molecule has 0 radical (unpaired) electrons. The third kappa shape index (κ3) is 3.05. The Kier molecular flexibility index (Phi) is 3.24. The molecule has 1 aromatic carbocycles. The Balaban J connectivity index is 2.15. The first-order valence-electron chi connectivity index (χ1n) is 5.08. The quantitative estimate of drug-likeness (QED) is 0.755. The van der Waals surface area contributed by atoms with Gasteiger partial charge in [-0.15, -0.1) is 0 Å². The van der Waals surface area contributed by atoms with Crippen molar-refractivity contribution in [3.63, 3.8) is 0 Å². The lowest BCUT2D eigenvalue weighted by Crippen LogP contribution is -2.19. The second-order valence-electron chi connectivity index (χ2n) is 3.89. The molecule has 2 rings (SSSR count). The summed E-state index contributed by atoms with van der Waals surface area (Å²) in [5.41, 5.74) is 0. The molecule has 1 aliphatic rings. The van der Waals surface area contributed by atoms with E-state index in [1.54, 1.807) is 18.2 Å². The average Bonchev–Trinajstić information content (AvgIpc) is 2.58. The molecular formula is C10H12O5S2. The molecule has 0 bridgehead atoms. The van der Waals surface area contributed by atoms with E-state index in [9.17, 15) is 16.8 Å². The minimum atomic E-state index is -3.86. The number of benzene rings is 1. The summed E-state index contributed by atoms with van der Waals surface area (Å²) >= 11 is 0. The summed E-state index contributed by atoms with van der Waals surface area (Å²) in [6.07, 6.45) is -0.529. The number of rotatable bonds is 3. The first-order chi connectivity index (χ1) is 7.89. The van der Waals surface area contributed by atoms with Crippen molar-refractivity contribution in [1.29, 1.82) is 0 Å². The van der Waals surface area contributed by atoms with Crippen LogP contribution in [0.5, 0.6) is 0 Å². The van der Waals surface area contributed by atoms with Gasteiger partial charge in [-0.05, 0) is 18.6 Å². The van der Waals surface area contributed by atoms with Crippen LogP contribution in [0.1, 0.15) is 6.42 Å². The van der Waals surface area contributed by atoms with Gasteiger partial charge < -0.3 is 0 Å². The van der Waals surface area contributed by atoms with Crippen LogP contribution in [0.25, 0.3) is 0 Å². The van der Waals surface area contributed by atoms with Crippen LogP contribution >= 0.6 is 0 Å². The maximum atomic E-state index is 11.8. The highest BCUT2D eigenvalue weighted by atomic mass is 32.2. The van der Waals surface area contributed by atoms with Gasteiger partial charge >= 0.3 is 0 Å². The lowest BCUT2D eigenvalue weighted by molar-refractivity contribution is 0.236. The summed E-state index contributed by atoms with van der Waals surface area (Å²) in [6.45, 7) is 0. The van der Waals surface area contributed by atoms with Gasteiger partial charge in [0.15, 0.2) is 9.84 Å². The smallest absolute Gasteiger partial charge is 0.262 e. The molecule has 1 aliphatic heterocycles. The molecule has 1 saturated heterocycles. The molecule has 5 nitrogen and oxygen atoms in total. The molecule has 1 atom stereocenters. The fraction of sp³-hybridized carbons (Fsp3) is 0.400. The normalized spacial score (nSPS) is 23.6. The van der Waals surface area contributed by atoms with E-state index in [-0.39, 0.29) is 22.8 Å². The summed E-state index contributed by atoms with van der Waals surface area (Å²) in [7, 11) is -7.00. The zero-order chi connectivity index (χ0) is 12.5. The molecule has 0 N–H and O–H groups in total. The van der Waals surface area contributed by atoms with Gasteiger partial charge in [-0.2, -0.15) is 8.42 Å². The van der Waals surface area contributed by atoms with Crippen LogP contribution in [0.4, 0.5) is 0 Å². The van der Waals surface area contributed by atoms with Gasteiger partial charge in [-0.25, -0.2) is 8.42 Å². The molecule has 94 valence electrons. The second kappa shape index (κ2) is 4.40. The van der Waals surface area contributed by atoms with E-state index in [0.717, 1.165) is 0 Å². The van der Waals surface area contributed by atoms with Crippen LogP contribution in [-0.2, 0) is 24.1 Å². The van der Waals surface area contributed by atoms with Crippen LogP contribution in [0.15, 0.2) is 35.2 Å². The maximum Gasteiger partial charge on any atom is 0.297 e. The fourth-order valence-electron chi connectivity index (χ4n) is 1.66. The predicted molar refractivity (Wildman–Crippen MR) is 61.8 cm³/mol. The van der Waals surface area contributed by atoms with Crippen LogP contribution < -0.4 is 0 Å². The maximum absolute atomic E-state index is 11.8. The van der Waals surface area contributed by atoms with Crippen molar-refractivity contribution in [2.45, 2.75) is 17.4 Å². The van der Waals surface area contributed by atoms with Crippen LogP contribution in [0, 0.1) is 0 Å². The number of hydrogen-bond donors (Lipinski definition) is 0. The van der Waals surface area contributed by atoms with Crippen LogP contribution in [0.3, 0.4) is 0 Å². The van der Waals surface area contributed by atoms with E-state index in [0.29, 0.717) is 0 Å². The molecule has 17 heavy (non-hydrogen) atoms. The van der Waals surface area contributed by atoms with Crippen molar-refractivity contribution in [1.82, 2.24) is 0 Å². The van der Waals surface area contributed by atoms with E-state index in [2.05, 4.69) is 0 Å². The van der Waals surface area contributed by atoms with Gasteiger partial charge in [0.25, 0.3) is 10.1 Å². The Morgan fingerprint density at radius 1 is 1.18 bits per heavy atom. The van der Waals surface area contributed by atoms with Crippen molar-refractivity contribution < 1.29 is 21.0 Å². The largest absolute Gasteiger partial charge is 0.297 e. The number of hydrogen-bond acceptors (Lipinski definition) is 5. The van der Waals surface area contributed by atoms with Crippen LogP contribution in [0.2, 0.25) is 0 Å². The van der Waals surface area contributed by atoms with Crippen molar-refractivity contribution >= 4 is 20.0 Å². The zero-order valence-corrected chi connectivity index (χ0v) is 10.6. The molecule has 0 saturated carbocycles. The highest BCUT2D eigenvalue weighted by Crippen LogP contribution is 2.20. The van der Waals surface area contributed by atoms with Gasteiger partial charge in [0.1, 0.15) is 0 Å². The first kappa shape index (κ1) is 12.5. The lowest BCUT2D eigenvalue weighted by atomic mass is 10.3. The van der Waals surface area contributed by atoms with Gasteiger partial charge in [-0.1, -0.05) is 18.2 Å². The minimum Gasteiger partial charge on any atom is -0.262 e. The van der Waals surface area contributed by atoms with E-state index >= 15 is 0 Å². The van der Waals surface area contributed by atoms with Gasteiger partial charge in [0.05, 0.1) is 22.5 Å². The Bertz CT molecular complexity index is 589. The molecular weight excluding hydrogens is 264 g/mol. The Morgan fingerprint density at radius 2 is 1.82 bits per heavy atom. The van der Waals surface area contributed by atoms with E-state index < -0.39 is 26.1 Å². The zero-order valence-electron chi connectivity index (χ0n) is 8.94. The Labute approximate surface area is 100 Å².